The molecule has 0 atom stereocenters. The third-order valence-electron chi connectivity index (χ3n) is 1.34. The maximum absolute atomic E-state index is 11.7. The Kier molecular flexibility index (Phi) is 4.38. The standard InChI is InChI=1S/C7H7Cl2F2NS/c8-5-1-4(7(9)13-5)2-12-3-6(10)11/h1,6,12H,2-3H2. The summed E-state index contributed by atoms with van der Waals surface area (Å²) in [7, 11) is 0. The summed E-state index contributed by atoms with van der Waals surface area (Å²) >= 11 is 12.7. The number of nitrogens with one attached hydrogen (secondary N) is 1. The van der Waals surface area contributed by atoms with E-state index in [0.717, 1.165) is 5.56 Å². The minimum absolute atomic E-state index is 0.326. The Morgan fingerprint density at radius 3 is 2.62 bits per heavy atom. The third-order valence-corrected chi connectivity index (χ3v) is 2.91. The quantitative estimate of drug-likeness (QED) is 0.858. The molecular formula is C7H7Cl2F2NS. The van der Waals surface area contributed by atoms with Gasteiger partial charge >= 0.3 is 0 Å². The van der Waals surface area contributed by atoms with Crippen molar-refractivity contribution >= 4 is 34.5 Å². The van der Waals surface area contributed by atoms with Gasteiger partial charge in [0.05, 0.1) is 15.2 Å². The van der Waals surface area contributed by atoms with E-state index in [0.29, 0.717) is 15.2 Å². The van der Waals surface area contributed by atoms with E-state index in [2.05, 4.69) is 5.32 Å². The predicted molar refractivity (Wildman–Crippen MR) is 52.0 cm³/mol. The molecule has 13 heavy (non-hydrogen) atoms. The SMILES string of the molecule is FC(F)CNCc1cc(Cl)sc1Cl. The number of alkyl halides is 2. The van der Waals surface area contributed by atoms with Crippen LogP contribution in [0.3, 0.4) is 0 Å². The van der Waals surface area contributed by atoms with Gasteiger partial charge in [-0.25, -0.2) is 8.78 Å². The van der Waals surface area contributed by atoms with Gasteiger partial charge in [-0.15, -0.1) is 11.3 Å². The van der Waals surface area contributed by atoms with Crippen molar-refractivity contribution in [2.75, 3.05) is 6.54 Å². The maximum Gasteiger partial charge on any atom is 0.250 e. The van der Waals surface area contributed by atoms with Gasteiger partial charge in [-0.2, -0.15) is 0 Å². The predicted octanol–water partition coefficient (Wildman–Crippen LogP) is 3.41. The number of thiophene rings is 1. The summed E-state index contributed by atoms with van der Waals surface area (Å²) < 4.78 is 24.6. The Bertz CT molecular complexity index is 277. The van der Waals surface area contributed by atoms with E-state index in [1.807, 2.05) is 0 Å². The zero-order chi connectivity index (χ0) is 9.84. The van der Waals surface area contributed by atoms with Gasteiger partial charge < -0.3 is 5.32 Å². The van der Waals surface area contributed by atoms with Crippen molar-refractivity contribution in [3.05, 3.63) is 20.3 Å². The zero-order valence-electron chi connectivity index (χ0n) is 6.49. The minimum Gasteiger partial charge on any atom is -0.307 e. The molecule has 0 saturated carbocycles. The number of halogens is 4. The lowest BCUT2D eigenvalue weighted by Gasteiger charge is -2.01. The van der Waals surface area contributed by atoms with Crippen LogP contribution in [-0.4, -0.2) is 13.0 Å². The average molecular weight is 246 g/mol. The largest absolute Gasteiger partial charge is 0.307 e. The second-order valence-corrected chi connectivity index (χ2v) is 4.66. The topological polar surface area (TPSA) is 12.0 Å². The first kappa shape index (κ1) is 11.2. The molecule has 1 aromatic rings. The van der Waals surface area contributed by atoms with Crippen LogP contribution in [0.4, 0.5) is 8.78 Å². The van der Waals surface area contributed by atoms with Crippen LogP contribution in [0.15, 0.2) is 6.07 Å². The van der Waals surface area contributed by atoms with Crippen molar-refractivity contribution < 1.29 is 8.78 Å². The fraction of sp³-hybridized carbons (Fsp3) is 0.429. The minimum atomic E-state index is -2.34. The first-order chi connectivity index (χ1) is 6.09. The Morgan fingerprint density at radius 2 is 2.15 bits per heavy atom. The third kappa shape index (κ3) is 3.77. The molecule has 0 amide bonds. The van der Waals surface area contributed by atoms with Crippen LogP contribution in [0.5, 0.6) is 0 Å². The Morgan fingerprint density at radius 1 is 1.46 bits per heavy atom. The van der Waals surface area contributed by atoms with Crippen molar-refractivity contribution in [2.45, 2.75) is 13.0 Å². The summed E-state index contributed by atoms with van der Waals surface area (Å²) in [5.74, 6) is 0. The van der Waals surface area contributed by atoms with Crippen LogP contribution in [0.1, 0.15) is 5.56 Å². The number of hydrogen-bond acceptors (Lipinski definition) is 2. The van der Waals surface area contributed by atoms with Gasteiger partial charge in [0.25, 0.3) is 6.43 Å². The molecule has 1 N–H and O–H groups in total. The van der Waals surface area contributed by atoms with Gasteiger partial charge in [0.1, 0.15) is 0 Å². The summed E-state index contributed by atoms with van der Waals surface area (Å²) in [6, 6.07) is 1.67. The average Bonchev–Trinajstić information content (AvgIpc) is 2.29. The van der Waals surface area contributed by atoms with Gasteiger partial charge in [-0.1, -0.05) is 23.2 Å². The highest BCUT2D eigenvalue weighted by molar-refractivity contribution is 7.20. The molecule has 0 fully saturated rings. The Balaban J connectivity index is 2.40. The molecule has 1 heterocycles. The molecule has 0 unspecified atom stereocenters. The monoisotopic (exact) mass is 245 g/mol. The molecule has 1 aromatic heterocycles. The fourth-order valence-corrected chi connectivity index (χ4v) is 2.30. The van der Waals surface area contributed by atoms with Crippen LogP contribution in [0.25, 0.3) is 0 Å². The molecule has 1 nitrogen and oxygen atoms in total. The summed E-state index contributed by atoms with van der Waals surface area (Å²) in [5, 5.41) is 2.57. The lowest BCUT2D eigenvalue weighted by atomic mass is 10.3. The van der Waals surface area contributed by atoms with E-state index in [9.17, 15) is 8.78 Å². The summed E-state index contributed by atoms with van der Waals surface area (Å²) in [4.78, 5) is 0. The van der Waals surface area contributed by atoms with E-state index in [-0.39, 0.29) is 6.54 Å². The van der Waals surface area contributed by atoms with Crippen molar-refractivity contribution in [3.63, 3.8) is 0 Å². The molecule has 0 aromatic carbocycles. The number of rotatable bonds is 4. The zero-order valence-corrected chi connectivity index (χ0v) is 8.82. The molecule has 0 aliphatic heterocycles. The second-order valence-electron chi connectivity index (χ2n) is 2.37. The molecule has 0 radical (unpaired) electrons. The lowest BCUT2D eigenvalue weighted by molar-refractivity contribution is 0.145. The van der Waals surface area contributed by atoms with Crippen LogP contribution < -0.4 is 5.32 Å². The van der Waals surface area contributed by atoms with Crippen LogP contribution >= 0.6 is 34.5 Å². The first-order valence-corrected chi connectivity index (χ1v) is 5.09. The van der Waals surface area contributed by atoms with E-state index < -0.39 is 6.43 Å². The summed E-state index contributed by atoms with van der Waals surface area (Å²) in [6.45, 7) is -0.00378. The van der Waals surface area contributed by atoms with Crippen LogP contribution in [0.2, 0.25) is 8.67 Å². The highest BCUT2D eigenvalue weighted by Gasteiger charge is 2.06. The summed E-state index contributed by atoms with van der Waals surface area (Å²) in [6.07, 6.45) is -2.34. The molecule has 0 aliphatic carbocycles. The molecule has 0 spiro atoms. The van der Waals surface area contributed by atoms with Crippen molar-refractivity contribution in [1.82, 2.24) is 5.32 Å². The highest BCUT2D eigenvalue weighted by atomic mass is 35.5. The second kappa shape index (κ2) is 5.10. The molecular weight excluding hydrogens is 239 g/mol. The van der Waals surface area contributed by atoms with Crippen LogP contribution in [0, 0.1) is 0 Å². The van der Waals surface area contributed by atoms with Crippen molar-refractivity contribution in [3.8, 4) is 0 Å². The molecule has 0 saturated heterocycles. The van der Waals surface area contributed by atoms with Gasteiger partial charge in [-0.05, 0) is 11.6 Å². The van der Waals surface area contributed by atoms with E-state index in [4.69, 9.17) is 23.2 Å². The highest BCUT2D eigenvalue weighted by Crippen LogP contribution is 2.30. The van der Waals surface area contributed by atoms with E-state index >= 15 is 0 Å². The van der Waals surface area contributed by atoms with Gasteiger partial charge in [0.2, 0.25) is 0 Å². The molecule has 6 heteroatoms. The Labute approximate surface area is 88.7 Å². The fourth-order valence-electron chi connectivity index (χ4n) is 0.811. The Hall–Kier alpha value is 0.1000. The molecule has 1 rings (SSSR count). The first-order valence-electron chi connectivity index (χ1n) is 3.52. The van der Waals surface area contributed by atoms with Gasteiger partial charge in [0.15, 0.2) is 0 Å². The van der Waals surface area contributed by atoms with E-state index in [1.165, 1.54) is 11.3 Å². The summed E-state index contributed by atoms with van der Waals surface area (Å²) in [5.41, 5.74) is 0.761. The lowest BCUT2D eigenvalue weighted by Crippen LogP contribution is -2.20. The maximum atomic E-state index is 11.7. The van der Waals surface area contributed by atoms with Crippen molar-refractivity contribution in [2.24, 2.45) is 0 Å². The van der Waals surface area contributed by atoms with Crippen molar-refractivity contribution in [1.29, 1.82) is 0 Å². The normalized spacial score (nSPS) is 11.2. The molecule has 0 aliphatic rings. The van der Waals surface area contributed by atoms with Gasteiger partial charge in [-0.3, -0.25) is 0 Å². The van der Waals surface area contributed by atoms with Gasteiger partial charge in [0, 0.05) is 6.54 Å². The molecule has 0 bridgehead atoms. The number of hydrogen-bond donors (Lipinski definition) is 1. The van der Waals surface area contributed by atoms with E-state index in [1.54, 1.807) is 6.07 Å². The smallest absolute Gasteiger partial charge is 0.250 e. The molecule has 74 valence electrons. The van der Waals surface area contributed by atoms with Crippen LogP contribution in [-0.2, 0) is 6.54 Å².